The van der Waals surface area contributed by atoms with Crippen LogP contribution in [0, 0.1) is 5.92 Å². The smallest absolute Gasteiger partial charge is 0.356 e. The van der Waals surface area contributed by atoms with Crippen molar-refractivity contribution >= 4 is 23.4 Å². The fraction of sp³-hybridized carbons (Fsp3) is 0.538. The lowest BCUT2D eigenvalue weighted by molar-refractivity contribution is 0.0691. The third kappa shape index (κ3) is 3.16. The molecule has 2 heterocycles. The Morgan fingerprint density at radius 2 is 2.11 bits per heavy atom. The van der Waals surface area contributed by atoms with E-state index in [1.54, 1.807) is 12.1 Å². The minimum absolute atomic E-state index is 0.114. The van der Waals surface area contributed by atoms with Crippen LogP contribution in [0.25, 0.3) is 0 Å². The minimum atomic E-state index is -1.12. The number of aliphatic hydroxyl groups is 1. The number of carbonyl (C=O) groups is 1. The molecule has 1 aromatic heterocycles. The molecule has 0 aromatic carbocycles. The summed E-state index contributed by atoms with van der Waals surface area (Å²) in [5.41, 5.74) is -0.114. The fourth-order valence-corrected chi connectivity index (χ4v) is 2.56. The summed E-state index contributed by atoms with van der Waals surface area (Å²) in [6, 6.07) is 3.30. The van der Waals surface area contributed by atoms with Crippen LogP contribution in [0.1, 0.15) is 30.3 Å². The van der Waals surface area contributed by atoms with Crippen LogP contribution in [-0.2, 0) is 0 Å². The maximum Gasteiger partial charge on any atom is 0.356 e. The summed E-state index contributed by atoms with van der Waals surface area (Å²) >= 11 is 5.80. The summed E-state index contributed by atoms with van der Waals surface area (Å²) < 4.78 is 0. The van der Waals surface area contributed by atoms with E-state index in [0.717, 1.165) is 25.9 Å². The first-order chi connectivity index (χ1) is 8.99. The van der Waals surface area contributed by atoms with Crippen molar-refractivity contribution in [1.82, 2.24) is 4.98 Å². The zero-order valence-electron chi connectivity index (χ0n) is 10.7. The molecule has 1 fully saturated rings. The monoisotopic (exact) mass is 284 g/mol. The Morgan fingerprint density at radius 1 is 1.47 bits per heavy atom. The van der Waals surface area contributed by atoms with E-state index in [0.29, 0.717) is 11.7 Å². The van der Waals surface area contributed by atoms with Crippen LogP contribution in [0.15, 0.2) is 12.1 Å². The predicted octanol–water partition coefficient (Wildman–Crippen LogP) is 2.03. The molecule has 2 N–H and O–H groups in total. The molecule has 1 saturated heterocycles. The van der Waals surface area contributed by atoms with Gasteiger partial charge in [-0.15, -0.1) is 0 Å². The van der Waals surface area contributed by atoms with Crippen molar-refractivity contribution < 1.29 is 15.0 Å². The first-order valence-electron chi connectivity index (χ1n) is 6.32. The lowest BCUT2D eigenvalue weighted by Crippen LogP contribution is -2.37. The van der Waals surface area contributed by atoms with Crippen LogP contribution < -0.4 is 4.90 Å². The zero-order chi connectivity index (χ0) is 14.0. The predicted molar refractivity (Wildman–Crippen MR) is 72.8 cm³/mol. The number of hydrogen-bond donors (Lipinski definition) is 2. The average Bonchev–Trinajstić information content (AvgIpc) is 2.39. The van der Waals surface area contributed by atoms with Gasteiger partial charge in [-0.25, -0.2) is 9.78 Å². The lowest BCUT2D eigenvalue weighted by atomic mass is 9.92. The number of piperidine rings is 1. The summed E-state index contributed by atoms with van der Waals surface area (Å²) in [5, 5.41) is 18.7. The van der Waals surface area contributed by atoms with Crippen molar-refractivity contribution in [3.63, 3.8) is 0 Å². The van der Waals surface area contributed by atoms with Gasteiger partial charge < -0.3 is 15.1 Å². The maximum absolute atomic E-state index is 11.0. The Bertz CT molecular complexity index is 471. The van der Waals surface area contributed by atoms with Gasteiger partial charge in [0.25, 0.3) is 0 Å². The van der Waals surface area contributed by atoms with E-state index in [2.05, 4.69) is 4.98 Å². The molecule has 1 aromatic rings. The standard InChI is InChI=1S/C13H17ClN2O3/c1-8(17)9-4-6-16(7-5-9)11-3-2-10(14)12(15-11)13(18)19/h2-3,8-9,17H,4-7H2,1H3,(H,18,19). The molecular formula is C13H17ClN2O3. The number of hydrogen-bond acceptors (Lipinski definition) is 4. The van der Waals surface area contributed by atoms with E-state index in [1.165, 1.54) is 0 Å². The van der Waals surface area contributed by atoms with E-state index in [-0.39, 0.29) is 16.8 Å². The summed E-state index contributed by atoms with van der Waals surface area (Å²) in [4.78, 5) is 17.1. The van der Waals surface area contributed by atoms with E-state index in [1.807, 2.05) is 11.8 Å². The molecule has 0 spiro atoms. The lowest BCUT2D eigenvalue weighted by Gasteiger charge is -2.34. The molecule has 104 valence electrons. The first kappa shape index (κ1) is 14.1. The van der Waals surface area contributed by atoms with Crippen molar-refractivity contribution in [2.75, 3.05) is 18.0 Å². The van der Waals surface area contributed by atoms with Crippen LogP contribution in [0.4, 0.5) is 5.82 Å². The second-order valence-electron chi connectivity index (χ2n) is 4.87. The zero-order valence-corrected chi connectivity index (χ0v) is 11.5. The summed E-state index contributed by atoms with van der Waals surface area (Å²) in [5.74, 6) is -0.181. The average molecular weight is 285 g/mol. The fourth-order valence-electron chi connectivity index (χ4n) is 2.37. The third-order valence-corrected chi connectivity index (χ3v) is 3.88. The van der Waals surface area contributed by atoms with Crippen LogP contribution in [-0.4, -0.2) is 40.4 Å². The molecule has 0 saturated carbocycles. The Kier molecular flexibility index (Phi) is 4.27. The van der Waals surface area contributed by atoms with E-state index in [9.17, 15) is 9.90 Å². The number of nitrogens with zero attached hydrogens (tertiary/aromatic N) is 2. The summed E-state index contributed by atoms with van der Waals surface area (Å²) in [6.07, 6.45) is 1.46. The number of aromatic carboxylic acids is 1. The number of anilines is 1. The third-order valence-electron chi connectivity index (χ3n) is 3.58. The van der Waals surface area contributed by atoms with Crippen molar-refractivity contribution in [3.8, 4) is 0 Å². The first-order valence-corrected chi connectivity index (χ1v) is 6.69. The Morgan fingerprint density at radius 3 is 2.63 bits per heavy atom. The summed E-state index contributed by atoms with van der Waals surface area (Å²) in [7, 11) is 0. The van der Waals surface area contributed by atoms with Gasteiger partial charge in [-0.3, -0.25) is 0 Å². The Hall–Kier alpha value is -1.33. The normalized spacial score (nSPS) is 18.4. The molecule has 1 atom stereocenters. The van der Waals surface area contributed by atoms with E-state index in [4.69, 9.17) is 16.7 Å². The van der Waals surface area contributed by atoms with Crippen molar-refractivity contribution in [2.45, 2.75) is 25.9 Å². The number of aliphatic hydroxyl groups excluding tert-OH is 1. The molecule has 1 unspecified atom stereocenters. The molecule has 0 aliphatic carbocycles. The minimum Gasteiger partial charge on any atom is -0.476 e. The van der Waals surface area contributed by atoms with Crippen molar-refractivity contribution in [3.05, 3.63) is 22.8 Å². The SMILES string of the molecule is CC(O)C1CCN(c2ccc(Cl)c(C(=O)O)n2)CC1. The number of rotatable bonds is 3. The largest absolute Gasteiger partial charge is 0.476 e. The molecule has 1 aliphatic rings. The topological polar surface area (TPSA) is 73.7 Å². The van der Waals surface area contributed by atoms with Gasteiger partial charge in [0.05, 0.1) is 11.1 Å². The quantitative estimate of drug-likeness (QED) is 0.888. The molecule has 0 amide bonds. The van der Waals surface area contributed by atoms with E-state index < -0.39 is 5.97 Å². The molecule has 1 aliphatic heterocycles. The summed E-state index contributed by atoms with van der Waals surface area (Å²) in [6.45, 7) is 3.34. The Labute approximate surface area is 116 Å². The molecule has 6 heteroatoms. The van der Waals surface area contributed by atoms with Crippen molar-refractivity contribution in [1.29, 1.82) is 0 Å². The van der Waals surface area contributed by atoms with Crippen LogP contribution in [0.3, 0.4) is 0 Å². The highest BCUT2D eigenvalue weighted by atomic mass is 35.5. The van der Waals surface area contributed by atoms with Crippen LogP contribution in [0.5, 0.6) is 0 Å². The second-order valence-corrected chi connectivity index (χ2v) is 5.28. The van der Waals surface area contributed by atoms with Gasteiger partial charge in [-0.2, -0.15) is 0 Å². The number of carboxylic acids is 1. The highest BCUT2D eigenvalue weighted by molar-refractivity contribution is 6.33. The van der Waals surface area contributed by atoms with Gasteiger partial charge in [0.2, 0.25) is 0 Å². The van der Waals surface area contributed by atoms with Gasteiger partial charge in [-0.1, -0.05) is 11.6 Å². The molecular weight excluding hydrogens is 268 g/mol. The second kappa shape index (κ2) is 5.75. The highest BCUT2D eigenvalue weighted by Gasteiger charge is 2.24. The van der Waals surface area contributed by atoms with E-state index >= 15 is 0 Å². The van der Waals surface area contributed by atoms with Gasteiger partial charge in [0, 0.05) is 13.1 Å². The Balaban J connectivity index is 2.12. The van der Waals surface area contributed by atoms with Crippen molar-refractivity contribution in [2.24, 2.45) is 5.92 Å². The molecule has 2 rings (SSSR count). The van der Waals surface area contributed by atoms with Gasteiger partial charge in [-0.05, 0) is 37.8 Å². The van der Waals surface area contributed by atoms with Gasteiger partial charge in [0.15, 0.2) is 5.69 Å². The molecule has 0 radical (unpaired) electrons. The van der Waals surface area contributed by atoms with Crippen LogP contribution in [0.2, 0.25) is 5.02 Å². The van der Waals surface area contributed by atoms with Gasteiger partial charge >= 0.3 is 5.97 Å². The maximum atomic E-state index is 11.0. The molecule has 0 bridgehead atoms. The number of halogens is 1. The number of aromatic nitrogens is 1. The molecule has 5 nitrogen and oxygen atoms in total. The number of pyridine rings is 1. The molecule has 19 heavy (non-hydrogen) atoms. The van der Waals surface area contributed by atoms with Crippen LogP contribution >= 0.6 is 11.6 Å². The number of carboxylic acid groups (broad SMARTS) is 1. The highest BCUT2D eigenvalue weighted by Crippen LogP contribution is 2.26. The van der Waals surface area contributed by atoms with Gasteiger partial charge in [0.1, 0.15) is 5.82 Å².